The van der Waals surface area contributed by atoms with Gasteiger partial charge in [-0.25, -0.2) is 9.48 Å². The van der Waals surface area contributed by atoms with E-state index in [1.54, 1.807) is 34.7 Å². The molecule has 0 saturated heterocycles. The van der Waals surface area contributed by atoms with Crippen LogP contribution in [0.15, 0.2) is 23.0 Å². The van der Waals surface area contributed by atoms with Gasteiger partial charge in [0.15, 0.2) is 5.82 Å². The number of amides is 1. The summed E-state index contributed by atoms with van der Waals surface area (Å²) in [5.41, 5.74) is 0.662. The maximum Gasteiger partial charge on any atom is 0.345 e. The molecule has 1 aromatic carbocycles. The Bertz CT molecular complexity index is 797. The van der Waals surface area contributed by atoms with Gasteiger partial charge < -0.3 is 4.90 Å². The van der Waals surface area contributed by atoms with Crippen LogP contribution in [0.25, 0.3) is 0 Å². The number of hydrogen-bond donors (Lipinski definition) is 0. The molecule has 2 aromatic rings. The number of halogens is 2. The van der Waals surface area contributed by atoms with E-state index in [1.165, 1.54) is 4.68 Å². The van der Waals surface area contributed by atoms with Crippen molar-refractivity contribution in [3.63, 3.8) is 0 Å². The molecule has 1 aromatic heterocycles. The van der Waals surface area contributed by atoms with Gasteiger partial charge in [-0.05, 0) is 17.7 Å². The number of carbonyl (C=O) groups excluding carboxylic acids is 1. The van der Waals surface area contributed by atoms with Gasteiger partial charge in [-0.15, -0.1) is 0 Å². The third-order valence-electron chi connectivity index (χ3n) is 3.70. The Morgan fingerprint density at radius 1 is 1.27 bits per heavy atom. The van der Waals surface area contributed by atoms with Crippen molar-refractivity contribution in [2.45, 2.75) is 19.5 Å². The van der Waals surface area contributed by atoms with Crippen molar-refractivity contribution in [3.05, 3.63) is 50.1 Å². The zero-order valence-corrected chi connectivity index (χ0v) is 13.4. The second-order valence-corrected chi connectivity index (χ2v) is 6.03. The maximum atomic E-state index is 12.4. The van der Waals surface area contributed by atoms with Crippen molar-refractivity contribution >= 4 is 29.1 Å². The Balaban J connectivity index is 1.73. The monoisotopic (exact) mass is 340 g/mol. The summed E-state index contributed by atoms with van der Waals surface area (Å²) in [6, 6.07) is 5.16. The zero-order chi connectivity index (χ0) is 15.9. The van der Waals surface area contributed by atoms with Crippen LogP contribution in [0.1, 0.15) is 11.4 Å². The number of carbonyl (C=O) groups is 1. The largest absolute Gasteiger partial charge is 0.345 e. The number of aromatic nitrogens is 3. The first-order valence-electron chi connectivity index (χ1n) is 6.80. The fraction of sp³-hybridized carbons (Fsp3) is 0.357. The summed E-state index contributed by atoms with van der Waals surface area (Å²) in [6.45, 7) is 1.31. The first-order chi connectivity index (χ1) is 10.5. The van der Waals surface area contributed by atoms with Gasteiger partial charge in [-0.3, -0.25) is 9.36 Å². The lowest BCUT2D eigenvalue weighted by Crippen LogP contribution is -2.41. The Kier molecular flexibility index (Phi) is 3.97. The van der Waals surface area contributed by atoms with Crippen LogP contribution in [0.2, 0.25) is 10.0 Å². The molecular formula is C14H14Cl2N4O2. The number of nitrogens with zero attached hydrogens (tertiary/aromatic N) is 4. The van der Waals surface area contributed by atoms with Crippen LogP contribution in [0.3, 0.4) is 0 Å². The number of aryl methyl sites for hydroxylation is 1. The summed E-state index contributed by atoms with van der Waals surface area (Å²) in [6.07, 6.45) is 0.244. The molecule has 116 valence electrons. The SMILES string of the molecule is Cn1nc2n(c1=O)CCN(C(=O)Cc1ccc(Cl)c(Cl)c1)C2. The van der Waals surface area contributed by atoms with Gasteiger partial charge >= 0.3 is 5.69 Å². The molecular weight excluding hydrogens is 327 g/mol. The summed E-state index contributed by atoms with van der Waals surface area (Å²) in [7, 11) is 1.61. The smallest absolute Gasteiger partial charge is 0.333 e. The number of benzene rings is 1. The fourth-order valence-corrected chi connectivity index (χ4v) is 2.84. The van der Waals surface area contributed by atoms with Crippen LogP contribution in [-0.4, -0.2) is 31.7 Å². The predicted octanol–water partition coefficient (Wildman–Crippen LogP) is 1.47. The van der Waals surface area contributed by atoms with E-state index in [0.717, 1.165) is 5.56 Å². The highest BCUT2D eigenvalue weighted by atomic mass is 35.5. The van der Waals surface area contributed by atoms with Gasteiger partial charge in [0.25, 0.3) is 0 Å². The summed E-state index contributed by atoms with van der Waals surface area (Å²) in [5, 5.41) is 5.05. The Labute approximate surface area is 136 Å². The normalized spacial score (nSPS) is 14.0. The van der Waals surface area contributed by atoms with E-state index >= 15 is 0 Å². The van der Waals surface area contributed by atoms with Crippen LogP contribution in [0.4, 0.5) is 0 Å². The molecule has 0 fully saturated rings. The second-order valence-electron chi connectivity index (χ2n) is 5.21. The van der Waals surface area contributed by atoms with Crippen LogP contribution >= 0.6 is 23.2 Å². The first kappa shape index (κ1) is 15.1. The van der Waals surface area contributed by atoms with Crippen molar-refractivity contribution in [2.24, 2.45) is 7.05 Å². The van der Waals surface area contributed by atoms with Crippen LogP contribution in [0.5, 0.6) is 0 Å². The van der Waals surface area contributed by atoms with Crippen molar-refractivity contribution in [2.75, 3.05) is 6.54 Å². The summed E-state index contributed by atoms with van der Waals surface area (Å²) in [5.74, 6) is 0.587. The van der Waals surface area contributed by atoms with Crippen LogP contribution in [-0.2, 0) is 31.4 Å². The lowest BCUT2D eigenvalue weighted by molar-refractivity contribution is -0.132. The van der Waals surface area contributed by atoms with Crippen molar-refractivity contribution in [3.8, 4) is 0 Å². The minimum atomic E-state index is -0.147. The lowest BCUT2D eigenvalue weighted by atomic mass is 10.1. The Morgan fingerprint density at radius 2 is 2.05 bits per heavy atom. The molecule has 8 heteroatoms. The molecule has 2 heterocycles. The molecule has 1 aliphatic heterocycles. The second kappa shape index (κ2) is 5.78. The van der Waals surface area contributed by atoms with E-state index in [1.807, 2.05) is 0 Å². The molecule has 0 N–H and O–H groups in total. The van der Waals surface area contributed by atoms with Crippen molar-refractivity contribution < 1.29 is 4.79 Å². The average Bonchev–Trinajstić information content (AvgIpc) is 2.77. The zero-order valence-electron chi connectivity index (χ0n) is 11.9. The van der Waals surface area contributed by atoms with Gasteiger partial charge in [0, 0.05) is 20.1 Å². The van der Waals surface area contributed by atoms with E-state index in [-0.39, 0.29) is 18.0 Å². The highest BCUT2D eigenvalue weighted by Crippen LogP contribution is 2.23. The van der Waals surface area contributed by atoms with Gasteiger partial charge in [0.1, 0.15) is 0 Å². The summed E-state index contributed by atoms with van der Waals surface area (Å²) >= 11 is 11.8. The standard InChI is InChI=1S/C14H14Cl2N4O2/c1-18-14(22)20-5-4-19(8-12(20)17-18)13(21)7-9-2-3-10(15)11(16)6-9/h2-3,6H,4-5,7-8H2,1H3. The van der Waals surface area contributed by atoms with E-state index in [9.17, 15) is 9.59 Å². The molecule has 0 spiro atoms. The van der Waals surface area contributed by atoms with E-state index in [0.29, 0.717) is 35.5 Å². The Hall–Kier alpha value is -1.79. The minimum absolute atomic E-state index is 0.0252. The molecule has 0 unspecified atom stereocenters. The average molecular weight is 341 g/mol. The van der Waals surface area contributed by atoms with Crippen molar-refractivity contribution in [1.29, 1.82) is 0 Å². The molecule has 0 atom stereocenters. The fourth-order valence-electron chi connectivity index (χ4n) is 2.52. The molecule has 6 nitrogen and oxygen atoms in total. The highest BCUT2D eigenvalue weighted by Gasteiger charge is 2.24. The summed E-state index contributed by atoms with van der Waals surface area (Å²) < 4.78 is 2.89. The van der Waals surface area contributed by atoms with Gasteiger partial charge in [0.2, 0.25) is 5.91 Å². The molecule has 0 bridgehead atoms. The topological polar surface area (TPSA) is 60.1 Å². The van der Waals surface area contributed by atoms with E-state index in [4.69, 9.17) is 23.2 Å². The van der Waals surface area contributed by atoms with Gasteiger partial charge in [-0.1, -0.05) is 29.3 Å². The van der Waals surface area contributed by atoms with Crippen LogP contribution < -0.4 is 5.69 Å². The molecule has 1 amide bonds. The third kappa shape index (κ3) is 2.76. The molecule has 1 aliphatic rings. The molecule has 22 heavy (non-hydrogen) atoms. The third-order valence-corrected chi connectivity index (χ3v) is 4.44. The quantitative estimate of drug-likeness (QED) is 0.831. The molecule has 0 saturated carbocycles. The number of fused-ring (bicyclic) bond motifs is 1. The lowest BCUT2D eigenvalue weighted by Gasteiger charge is -2.26. The Morgan fingerprint density at radius 3 is 2.77 bits per heavy atom. The highest BCUT2D eigenvalue weighted by molar-refractivity contribution is 6.42. The van der Waals surface area contributed by atoms with E-state index in [2.05, 4.69) is 5.10 Å². The number of rotatable bonds is 2. The molecule has 3 rings (SSSR count). The maximum absolute atomic E-state index is 12.4. The van der Waals surface area contributed by atoms with Crippen molar-refractivity contribution in [1.82, 2.24) is 19.2 Å². The summed E-state index contributed by atoms with van der Waals surface area (Å²) in [4.78, 5) is 25.9. The van der Waals surface area contributed by atoms with E-state index < -0.39 is 0 Å². The molecule has 0 radical (unpaired) electrons. The van der Waals surface area contributed by atoms with Gasteiger partial charge in [0.05, 0.1) is 23.0 Å². The first-order valence-corrected chi connectivity index (χ1v) is 7.55. The minimum Gasteiger partial charge on any atom is -0.333 e. The molecule has 0 aliphatic carbocycles. The van der Waals surface area contributed by atoms with Gasteiger partial charge in [-0.2, -0.15) is 5.10 Å². The van der Waals surface area contributed by atoms with Crippen LogP contribution in [0, 0.1) is 0 Å². The number of hydrogen-bond acceptors (Lipinski definition) is 3. The predicted molar refractivity (Wildman–Crippen MR) is 83.1 cm³/mol.